The third-order valence-corrected chi connectivity index (χ3v) is 3.89. The molecule has 2 N–H and O–H groups in total. The van der Waals surface area contributed by atoms with Gasteiger partial charge in [-0.3, -0.25) is 4.79 Å². The molecule has 98 valence electrons. The van der Waals surface area contributed by atoms with E-state index in [0.717, 1.165) is 30.6 Å². The van der Waals surface area contributed by atoms with Gasteiger partial charge in [-0.05, 0) is 50.8 Å². The summed E-state index contributed by atoms with van der Waals surface area (Å²) >= 11 is 0. The van der Waals surface area contributed by atoms with Crippen molar-refractivity contribution in [1.29, 1.82) is 0 Å². The van der Waals surface area contributed by atoms with Gasteiger partial charge in [0.05, 0.1) is 5.92 Å². The summed E-state index contributed by atoms with van der Waals surface area (Å²) < 4.78 is 0. The molecule has 3 heteroatoms. The highest BCUT2D eigenvalue weighted by atomic mass is 16.1. The molecular formula is C15H22N2O. The van der Waals surface area contributed by atoms with Crippen LogP contribution in [-0.2, 0) is 4.79 Å². The Bertz CT molecular complexity index is 434. The van der Waals surface area contributed by atoms with Crippen molar-refractivity contribution in [2.45, 2.75) is 39.7 Å². The summed E-state index contributed by atoms with van der Waals surface area (Å²) in [6, 6.07) is 6.56. The van der Waals surface area contributed by atoms with E-state index < -0.39 is 0 Å². The van der Waals surface area contributed by atoms with E-state index in [1.165, 1.54) is 5.56 Å². The third kappa shape index (κ3) is 2.91. The molecule has 1 fully saturated rings. The molecular weight excluding hydrogens is 224 g/mol. The first-order chi connectivity index (χ1) is 8.58. The highest BCUT2D eigenvalue weighted by Gasteiger charge is 2.24. The van der Waals surface area contributed by atoms with Crippen LogP contribution in [0.15, 0.2) is 18.2 Å². The van der Waals surface area contributed by atoms with E-state index in [-0.39, 0.29) is 11.8 Å². The molecule has 0 bridgehead atoms. The zero-order valence-corrected chi connectivity index (χ0v) is 11.4. The summed E-state index contributed by atoms with van der Waals surface area (Å²) in [6.07, 6.45) is 2.05. The van der Waals surface area contributed by atoms with Gasteiger partial charge in [-0.15, -0.1) is 0 Å². The maximum absolute atomic E-state index is 12.2. The number of nitrogens with one attached hydrogen (secondary N) is 2. The molecule has 18 heavy (non-hydrogen) atoms. The molecule has 1 amide bonds. The van der Waals surface area contributed by atoms with Gasteiger partial charge in [0.25, 0.3) is 0 Å². The first-order valence-corrected chi connectivity index (χ1v) is 6.68. The highest BCUT2D eigenvalue weighted by molar-refractivity contribution is 5.93. The number of carbonyl (C=O) groups is 1. The van der Waals surface area contributed by atoms with Crippen LogP contribution < -0.4 is 10.6 Å². The quantitative estimate of drug-likeness (QED) is 0.842. The molecule has 1 aromatic rings. The molecule has 1 heterocycles. The van der Waals surface area contributed by atoms with Gasteiger partial charge < -0.3 is 10.6 Å². The van der Waals surface area contributed by atoms with Crippen LogP contribution >= 0.6 is 0 Å². The zero-order chi connectivity index (χ0) is 13.1. The lowest BCUT2D eigenvalue weighted by Crippen LogP contribution is -2.41. The summed E-state index contributed by atoms with van der Waals surface area (Å²) in [7, 11) is 0. The monoisotopic (exact) mass is 246 g/mol. The third-order valence-electron chi connectivity index (χ3n) is 3.89. The minimum Gasteiger partial charge on any atom is -0.326 e. The molecule has 0 aromatic heterocycles. The van der Waals surface area contributed by atoms with Gasteiger partial charge >= 0.3 is 0 Å². The Morgan fingerprint density at radius 2 is 2.11 bits per heavy atom. The van der Waals surface area contributed by atoms with Crippen molar-refractivity contribution >= 4 is 11.6 Å². The molecule has 1 saturated heterocycles. The number of hydrogen-bond acceptors (Lipinski definition) is 2. The fourth-order valence-corrected chi connectivity index (χ4v) is 2.34. The smallest absolute Gasteiger partial charge is 0.228 e. The van der Waals surface area contributed by atoms with Crippen LogP contribution in [0.5, 0.6) is 0 Å². The molecule has 2 atom stereocenters. The summed E-state index contributed by atoms with van der Waals surface area (Å²) in [4.78, 5) is 12.2. The minimum absolute atomic E-state index is 0.0983. The molecule has 3 nitrogen and oxygen atoms in total. The zero-order valence-electron chi connectivity index (χ0n) is 11.4. The predicted molar refractivity (Wildman–Crippen MR) is 74.7 cm³/mol. The van der Waals surface area contributed by atoms with E-state index in [1.54, 1.807) is 0 Å². The summed E-state index contributed by atoms with van der Waals surface area (Å²) in [5.41, 5.74) is 3.31. The Kier molecular flexibility index (Phi) is 4.02. The van der Waals surface area contributed by atoms with Crippen LogP contribution in [0.1, 0.15) is 30.9 Å². The number of rotatable bonds is 2. The van der Waals surface area contributed by atoms with Crippen molar-refractivity contribution in [2.75, 3.05) is 11.9 Å². The van der Waals surface area contributed by atoms with Crippen molar-refractivity contribution in [2.24, 2.45) is 5.92 Å². The summed E-state index contributed by atoms with van der Waals surface area (Å²) in [6.45, 7) is 7.07. The molecule has 0 spiro atoms. The Labute approximate surface area is 109 Å². The first-order valence-electron chi connectivity index (χ1n) is 6.68. The maximum atomic E-state index is 12.2. The lowest BCUT2D eigenvalue weighted by molar-refractivity contribution is -0.120. The van der Waals surface area contributed by atoms with Crippen molar-refractivity contribution in [1.82, 2.24) is 5.32 Å². The number of anilines is 1. The average Bonchev–Trinajstić information content (AvgIpc) is 2.36. The molecule has 1 aromatic carbocycles. The summed E-state index contributed by atoms with van der Waals surface area (Å²) in [5.74, 6) is 0.240. The SMILES string of the molecule is Cc1cccc(NC(=O)C2CCC(C)NC2)c1C. The highest BCUT2D eigenvalue weighted by Crippen LogP contribution is 2.21. The molecule has 1 aliphatic rings. The Morgan fingerprint density at radius 3 is 2.78 bits per heavy atom. The Morgan fingerprint density at radius 1 is 1.33 bits per heavy atom. The first kappa shape index (κ1) is 13.1. The maximum Gasteiger partial charge on any atom is 0.228 e. The van der Waals surface area contributed by atoms with Crippen LogP contribution in [0, 0.1) is 19.8 Å². The molecule has 0 saturated carbocycles. The number of amides is 1. The average molecular weight is 246 g/mol. The fraction of sp³-hybridized carbons (Fsp3) is 0.533. The van der Waals surface area contributed by atoms with Crippen LogP contribution in [0.25, 0.3) is 0 Å². The van der Waals surface area contributed by atoms with Crippen molar-refractivity contribution in [3.05, 3.63) is 29.3 Å². The van der Waals surface area contributed by atoms with Gasteiger partial charge in [0, 0.05) is 18.3 Å². The number of benzene rings is 1. The Balaban J connectivity index is 2.01. The number of hydrogen-bond donors (Lipinski definition) is 2. The second kappa shape index (κ2) is 5.53. The van der Waals surface area contributed by atoms with Crippen molar-refractivity contribution in [3.63, 3.8) is 0 Å². The molecule has 2 rings (SSSR count). The van der Waals surface area contributed by atoms with E-state index in [1.807, 2.05) is 19.1 Å². The molecule has 0 aliphatic carbocycles. The van der Waals surface area contributed by atoms with Crippen LogP contribution in [0.4, 0.5) is 5.69 Å². The second-order valence-electron chi connectivity index (χ2n) is 5.32. The minimum atomic E-state index is 0.0983. The molecule has 0 radical (unpaired) electrons. The lowest BCUT2D eigenvalue weighted by atomic mass is 9.94. The van der Waals surface area contributed by atoms with Crippen LogP contribution in [0.2, 0.25) is 0 Å². The normalized spacial score (nSPS) is 23.7. The fourth-order valence-electron chi connectivity index (χ4n) is 2.34. The summed E-state index contributed by atoms with van der Waals surface area (Å²) in [5, 5.41) is 6.42. The van der Waals surface area contributed by atoms with E-state index in [0.29, 0.717) is 6.04 Å². The number of carbonyl (C=O) groups excluding carboxylic acids is 1. The van der Waals surface area contributed by atoms with Crippen LogP contribution in [-0.4, -0.2) is 18.5 Å². The van der Waals surface area contributed by atoms with Gasteiger partial charge in [-0.1, -0.05) is 12.1 Å². The second-order valence-corrected chi connectivity index (χ2v) is 5.32. The standard InChI is InChI=1S/C15H22N2O/c1-10-5-4-6-14(12(10)3)17-15(18)13-8-7-11(2)16-9-13/h4-6,11,13,16H,7-9H2,1-3H3,(H,17,18). The van der Waals surface area contributed by atoms with E-state index in [4.69, 9.17) is 0 Å². The van der Waals surface area contributed by atoms with E-state index >= 15 is 0 Å². The topological polar surface area (TPSA) is 41.1 Å². The number of aryl methyl sites for hydroxylation is 1. The Hall–Kier alpha value is -1.35. The predicted octanol–water partition coefficient (Wildman–Crippen LogP) is 2.63. The van der Waals surface area contributed by atoms with Gasteiger partial charge in [0.2, 0.25) is 5.91 Å². The largest absolute Gasteiger partial charge is 0.326 e. The van der Waals surface area contributed by atoms with Gasteiger partial charge in [0.1, 0.15) is 0 Å². The lowest BCUT2D eigenvalue weighted by Gasteiger charge is -2.27. The molecule has 2 unspecified atom stereocenters. The van der Waals surface area contributed by atoms with Gasteiger partial charge in [-0.25, -0.2) is 0 Å². The van der Waals surface area contributed by atoms with E-state index in [2.05, 4.69) is 30.5 Å². The molecule has 1 aliphatic heterocycles. The van der Waals surface area contributed by atoms with Gasteiger partial charge in [-0.2, -0.15) is 0 Å². The van der Waals surface area contributed by atoms with Crippen molar-refractivity contribution in [3.8, 4) is 0 Å². The van der Waals surface area contributed by atoms with Crippen molar-refractivity contribution < 1.29 is 4.79 Å². The van der Waals surface area contributed by atoms with Crippen LogP contribution in [0.3, 0.4) is 0 Å². The van der Waals surface area contributed by atoms with Gasteiger partial charge in [0.15, 0.2) is 0 Å². The van der Waals surface area contributed by atoms with E-state index in [9.17, 15) is 4.79 Å². The number of piperidine rings is 1.